The summed E-state index contributed by atoms with van der Waals surface area (Å²) < 4.78 is 6.32. The van der Waals surface area contributed by atoms with Crippen LogP contribution in [0.2, 0.25) is 0 Å². The number of phenols is 2. The second-order valence-electron chi connectivity index (χ2n) is 8.82. The van der Waals surface area contributed by atoms with Gasteiger partial charge in [0.25, 0.3) is 0 Å². The van der Waals surface area contributed by atoms with E-state index < -0.39 is 0 Å². The van der Waals surface area contributed by atoms with Gasteiger partial charge in [0, 0.05) is 17.0 Å². The molecule has 0 aromatic heterocycles. The van der Waals surface area contributed by atoms with Gasteiger partial charge in [-0.2, -0.15) is 0 Å². The van der Waals surface area contributed by atoms with E-state index in [4.69, 9.17) is 4.74 Å². The van der Waals surface area contributed by atoms with E-state index in [2.05, 4.69) is 42.5 Å². The van der Waals surface area contributed by atoms with Gasteiger partial charge < -0.3 is 14.9 Å². The summed E-state index contributed by atoms with van der Waals surface area (Å²) in [6, 6.07) is 34.3. The molecule has 0 saturated carbocycles. The van der Waals surface area contributed by atoms with Crippen LogP contribution in [0.1, 0.15) is 22.6 Å². The molecule has 34 heavy (non-hydrogen) atoms. The minimum Gasteiger partial charge on any atom is -0.504 e. The molecule has 3 heteroatoms. The van der Waals surface area contributed by atoms with Crippen molar-refractivity contribution in [2.75, 3.05) is 0 Å². The smallest absolute Gasteiger partial charge is 0.174 e. The molecule has 0 amide bonds. The van der Waals surface area contributed by atoms with E-state index in [0.717, 1.165) is 49.0 Å². The first-order chi connectivity index (χ1) is 16.7. The van der Waals surface area contributed by atoms with E-state index in [1.54, 1.807) is 12.1 Å². The van der Waals surface area contributed by atoms with E-state index in [-0.39, 0.29) is 17.4 Å². The summed E-state index contributed by atoms with van der Waals surface area (Å²) in [5.74, 6) is 0.678. The van der Waals surface area contributed by atoms with Gasteiger partial charge in [-0.25, -0.2) is 0 Å². The highest BCUT2D eigenvalue weighted by atomic mass is 16.5. The van der Waals surface area contributed by atoms with Crippen LogP contribution in [0, 0.1) is 0 Å². The van der Waals surface area contributed by atoms with Crippen molar-refractivity contribution in [1.82, 2.24) is 0 Å². The van der Waals surface area contributed by atoms with Gasteiger partial charge in [-0.1, -0.05) is 91.0 Å². The number of aromatic hydroxyl groups is 2. The molecule has 0 unspecified atom stereocenters. The largest absolute Gasteiger partial charge is 0.504 e. The molecule has 7 rings (SSSR count). The van der Waals surface area contributed by atoms with Crippen LogP contribution in [0.4, 0.5) is 0 Å². The molecule has 0 atom stereocenters. The lowest BCUT2D eigenvalue weighted by atomic mass is 9.77. The third kappa shape index (κ3) is 2.58. The number of rotatable bonds is 1. The zero-order valence-electron chi connectivity index (χ0n) is 18.2. The summed E-state index contributed by atoms with van der Waals surface area (Å²) in [6.07, 6.45) is 0. The number of ether oxygens (including phenoxy) is 1. The van der Waals surface area contributed by atoms with Crippen molar-refractivity contribution in [3.05, 3.63) is 120 Å². The standard InChI is InChI=1S/C31H20O3/c32-25-16-19-9-2-5-13-22(19)28-27(24-15-7-11-18-8-1-4-12-21(18)24)29-23-14-6-3-10-20(23)17-26(33)31(29)34-30(25)28/h1-17,27,32-33H. The highest BCUT2D eigenvalue weighted by Crippen LogP contribution is 2.58. The van der Waals surface area contributed by atoms with Crippen molar-refractivity contribution in [1.29, 1.82) is 0 Å². The highest BCUT2D eigenvalue weighted by Gasteiger charge is 2.36. The Hall–Kier alpha value is -4.50. The first-order valence-corrected chi connectivity index (χ1v) is 11.4. The molecule has 1 heterocycles. The lowest BCUT2D eigenvalue weighted by Gasteiger charge is -2.32. The van der Waals surface area contributed by atoms with Crippen molar-refractivity contribution < 1.29 is 14.9 Å². The maximum absolute atomic E-state index is 11.1. The van der Waals surface area contributed by atoms with Crippen molar-refractivity contribution >= 4 is 32.3 Å². The Balaban J connectivity index is 1.70. The molecule has 6 aromatic rings. The topological polar surface area (TPSA) is 49.7 Å². The molecule has 0 saturated heterocycles. The SMILES string of the molecule is Oc1cc2ccccc2c2c1Oc1c(O)cc3ccccc3c1C2c1cccc2ccccc12. The van der Waals surface area contributed by atoms with E-state index in [1.807, 2.05) is 48.5 Å². The Morgan fingerprint density at radius 2 is 0.971 bits per heavy atom. The lowest BCUT2D eigenvalue weighted by Crippen LogP contribution is -2.14. The minimum atomic E-state index is -0.251. The zero-order chi connectivity index (χ0) is 22.8. The van der Waals surface area contributed by atoms with Gasteiger partial charge in [0.2, 0.25) is 0 Å². The summed E-state index contributed by atoms with van der Waals surface area (Å²) in [5, 5.41) is 28.3. The van der Waals surface area contributed by atoms with Crippen molar-refractivity contribution in [3.63, 3.8) is 0 Å². The van der Waals surface area contributed by atoms with Crippen LogP contribution in [-0.4, -0.2) is 10.2 Å². The third-order valence-corrected chi connectivity index (χ3v) is 6.96. The Morgan fingerprint density at radius 3 is 1.56 bits per heavy atom. The average Bonchev–Trinajstić information content (AvgIpc) is 2.87. The van der Waals surface area contributed by atoms with Crippen LogP contribution in [-0.2, 0) is 0 Å². The fourth-order valence-corrected chi connectivity index (χ4v) is 5.53. The molecule has 2 N–H and O–H groups in total. The van der Waals surface area contributed by atoms with Gasteiger partial charge in [0.05, 0.1) is 0 Å². The number of hydrogen-bond donors (Lipinski definition) is 2. The second-order valence-corrected chi connectivity index (χ2v) is 8.82. The molecular weight excluding hydrogens is 420 g/mol. The molecule has 3 nitrogen and oxygen atoms in total. The Bertz CT molecular complexity index is 1670. The van der Waals surface area contributed by atoms with Crippen LogP contribution >= 0.6 is 0 Å². The first-order valence-electron chi connectivity index (χ1n) is 11.4. The minimum absolute atomic E-state index is 0.0668. The molecule has 162 valence electrons. The molecule has 0 aliphatic carbocycles. The van der Waals surface area contributed by atoms with Crippen molar-refractivity contribution in [2.24, 2.45) is 0 Å². The number of fused-ring (bicyclic) bond motifs is 7. The summed E-state index contributed by atoms with van der Waals surface area (Å²) in [4.78, 5) is 0. The Labute approximate surface area is 196 Å². The van der Waals surface area contributed by atoms with Gasteiger partial charge >= 0.3 is 0 Å². The molecule has 1 aliphatic rings. The Morgan fingerprint density at radius 1 is 0.500 bits per heavy atom. The van der Waals surface area contributed by atoms with E-state index in [9.17, 15) is 10.2 Å². The zero-order valence-corrected chi connectivity index (χ0v) is 18.2. The average molecular weight is 440 g/mol. The molecule has 6 aromatic carbocycles. The van der Waals surface area contributed by atoms with Gasteiger partial charge in [0.1, 0.15) is 0 Å². The monoisotopic (exact) mass is 440 g/mol. The number of phenolic OH excluding ortho intramolecular Hbond substituents is 2. The normalized spacial score (nSPS) is 13.1. The number of hydrogen-bond acceptors (Lipinski definition) is 3. The van der Waals surface area contributed by atoms with Gasteiger partial charge in [0.15, 0.2) is 23.0 Å². The molecule has 0 radical (unpaired) electrons. The van der Waals surface area contributed by atoms with Crippen molar-refractivity contribution in [2.45, 2.75) is 5.92 Å². The Kier molecular flexibility index (Phi) is 3.91. The van der Waals surface area contributed by atoms with Crippen LogP contribution in [0.15, 0.2) is 103 Å². The molecule has 0 bridgehead atoms. The summed E-state index contributed by atoms with van der Waals surface area (Å²) in [6.45, 7) is 0. The quantitative estimate of drug-likeness (QED) is 0.273. The number of benzene rings is 6. The van der Waals surface area contributed by atoms with Gasteiger partial charge in [-0.05, 0) is 50.0 Å². The predicted molar refractivity (Wildman–Crippen MR) is 136 cm³/mol. The summed E-state index contributed by atoms with van der Waals surface area (Å²) in [5.41, 5.74) is 2.93. The fourth-order valence-electron chi connectivity index (χ4n) is 5.53. The van der Waals surface area contributed by atoms with E-state index in [1.165, 1.54) is 0 Å². The molecule has 1 aliphatic heterocycles. The molecule has 0 fully saturated rings. The van der Waals surface area contributed by atoms with Crippen LogP contribution < -0.4 is 4.74 Å². The predicted octanol–water partition coefficient (Wildman–Crippen LogP) is 7.84. The van der Waals surface area contributed by atoms with Crippen LogP contribution in [0.25, 0.3) is 32.3 Å². The highest BCUT2D eigenvalue weighted by molar-refractivity contribution is 5.99. The van der Waals surface area contributed by atoms with E-state index in [0.29, 0.717) is 11.5 Å². The van der Waals surface area contributed by atoms with Crippen LogP contribution in [0.3, 0.4) is 0 Å². The first kappa shape index (κ1) is 19.0. The summed E-state index contributed by atoms with van der Waals surface area (Å²) in [7, 11) is 0. The maximum atomic E-state index is 11.1. The van der Waals surface area contributed by atoms with Crippen molar-refractivity contribution in [3.8, 4) is 23.0 Å². The second kappa shape index (κ2) is 7.00. The summed E-state index contributed by atoms with van der Waals surface area (Å²) >= 11 is 0. The van der Waals surface area contributed by atoms with E-state index >= 15 is 0 Å². The van der Waals surface area contributed by atoms with Gasteiger partial charge in [-0.3, -0.25) is 0 Å². The molecular formula is C31H20O3. The third-order valence-electron chi connectivity index (χ3n) is 6.96. The maximum Gasteiger partial charge on any atom is 0.174 e. The lowest BCUT2D eigenvalue weighted by molar-refractivity contribution is 0.372. The fraction of sp³-hybridized carbons (Fsp3) is 0.0323. The van der Waals surface area contributed by atoms with Crippen LogP contribution in [0.5, 0.6) is 23.0 Å². The van der Waals surface area contributed by atoms with Gasteiger partial charge in [-0.15, -0.1) is 0 Å². The molecule has 0 spiro atoms.